The Labute approximate surface area is 123 Å². The molecule has 0 fully saturated rings. The summed E-state index contributed by atoms with van der Waals surface area (Å²) >= 11 is 0. The lowest BCUT2D eigenvalue weighted by molar-refractivity contribution is -0.155. The molecule has 0 aromatic heterocycles. The molecule has 20 heavy (non-hydrogen) atoms. The van der Waals surface area contributed by atoms with Gasteiger partial charge in [-0.1, -0.05) is 65.2 Å². The molecule has 1 amide bonds. The Bertz CT molecular complexity index is 254. The number of nitrogens with one attached hydrogen (secondary N) is 1. The summed E-state index contributed by atoms with van der Waals surface area (Å²) in [7, 11) is 0. The standard InChI is InChI=1S/C16H31NO3/c1-3-5-6-7-8-9-10-11-12-14-20-16(19)15(18)17-13-4-2/h3-14H2,1-2H3,(H,17,18). The van der Waals surface area contributed by atoms with E-state index >= 15 is 0 Å². The number of carbonyl (C=O) groups is 2. The van der Waals surface area contributed by atoms with Crippen molar-refractivity contribution in [1.82, 2.24) is 5.32 Å². The van der Waals surface area contributed by atoms with Crippen LogP contribution in [-0.2, 0) is 14.3 Å². The van der Waals surface area contributed by atoms with E-state index in [2.05, 4.69) is 12.2 Å². The van der Waals surface area contributed by atoms with Crippen LogP contribution in [0.15, 0.2) is 0 Å². The van der Waals surface area contributed by atoms with Gasteiger partial charge in [-0.15, -0.1) is 0 Å². The van der Waals surface area contributed by atoms with Gasteiger partial charge in [0.25, 0.3) is 0 Å². The van der Waals surface area contributed by atoms with Gasteiger partial charge in [-0.25, -0.2) is 4.79 Å². The van der Waals surface area contributed by atoms with Crippen LogP contribution in [0.4, 0.5) is 0 Å². The fourth-order valence-corrected chi connectivity index (χ4v) is 1.95. The van der Waals surface area contributed by atoms with E-state index in [1.165, 1.54) is 44.9 Å². The molecule has 0 rings (SSSR count). The largest absolute Gasteiger partial charge is 0.459 e. The average Bonchev–Trinajstić information content (AvgIpc) is 2.46. The molecule has 0 aromatic rings. The van der Waals surface area contributed by atoms with Gasteiger partial charge in [0.1, 0.15) is 0 Å². The van der Waals surface area contributed by atoms with Gasteiger partial charge in [0, 0.05) is 6.54 Å². The van der Waals surface area contributed by atoms with Crippen molar-refractivity contribution in [3.8, 4) is 0 Å². The van der Waals surface area contributed by atoms with Gasteiger partial charge in [0.15, 0.2) is 0 Å². The van der Waals surface area contributed by atoms with Gasteiger partial charge in [0.05, 0.1) is 6.61 Å². The molecule has 0 aliphatic rings. The van der Waals surface area contributed by atoms with Crippen LogP contribution in [-0.4, -0.2) is 25.0 Å². The predicted molar refractivity (Wildman–Crippen MR) is 81.5 cm³/mol. The van der Waals surface area contributed by atoms with E-state index in [9.17, 15) is 9.59 Å². The fourth-order valence-electron chi connectivity index (χ4n) is 1.95. The van der Waals surface area contributed by atoms with Gasteiger partial charge in [-0.3, -0.25) is 4.79 Å². The molecule has 1 N–H and O–H groups in total. The number of ether oxygens (including phenoxy) is 1. The van der Waals surface area contributed by atoms with Crippen LogP contribution in [0.3, 0.4) is 0 Å². The predicted octanol–water partition coefficient (Wildman–Crippen LogP) is 3.59. The van der Waals surface area contributed by atoms with E-state index in [1.54, 1.807) is 0 Å². The summed E-state index contributed by atoms with van der Waals surface area (Å²) in [6, 6.07) is 0. The van der Waals surface area contributed by atoms with Crippen molar-refractivity contribution in [3.63, 3.8) is 0 Å². The topological polar surface area (TPSA) is 55.4 Å². The third-order valence-corrected chi connectivity index (χ3v) is 3.20. The molecule has 0 heterocycles. The highest BCUT2D eigenvalue weighted by Gasteiger charge is 2.13. The molecule has 0 radical (unpaired) electrons. The Kier molecular flexibility index (Phi) is 13.6. The monoisotopic (exact) mass is 285 g/mol. The summed E-state index contributed by atoms with van der Waals surface area (Å²) in [6.07, 6.45) is 11.8. The van der Waals surface area contributed by atoms with E-state index in [0.717, 1.165) is 19.3 Å². The van der Waals surface area contributed by atoms with Crippen molar-refractivity contribution in [1.29, 1.82) is 0 Å². The first kappa shape index (κ1) is 18.9. The minimum atomic E-state index is -0.752. The van der Waals surface area contributed by atoms with Crippen LogP contribution in [0.1, 0.15) is 78.1 Å². The third-order valence-electron chi connectivity index (χ3n) is 3.20. The van der Waals surface area contributed by atoms with Crippen LogP contribution in [0.2, 0.25) is 0 Å². The van der Waals surface area contributed by atoms with E-state index in [0.29, 0.717) is 13.2 Å². The molecule has 0 atom stereocenters. The zero-order chi connectivity index (χ0) is 15.1. The zero-order valence-electron chi connectivity index (χ0n) is 13.2. The van der Waals surface area contributed by atoms with Gasteiger partial charge in [0.2, 0.25) is 0 Å². The normalized spacial score (nSPS) is 10.3. The molecule has 0 aromatic carbocycles. The van der Waals surface area contributed by atoms with Gasteiger partial charge < -0.3 is 10.1 Å². The van der Waals surface area contributed by atoms with Crippen LogP contribution in [0.5, 0.6) is 0 Å². The molecule has 0 saturated heterocycles. The van der Waals surface area contributed by atoms with Gasteiger partial charge >= 0.3 is 11.9 Å². The highest BCUT2D eigenvalue weighted by molar-refractivity contribution is 6.32. The molecule has 0 unspecified atom stereocenters. The molecular weight excluding hydrogens is 254 g/mol. The molecule has 4 nitrogen and oxygen atoms in total. The summed E-state index contributed by atoms with van der Waals surface area (Å²) in [5.74, 6) is -1.37. The van der Waals surface area contributed by atoms with Gasteiger partial charge in [-0.05, 0) is 12.8 Å². The van der Waals surface area contributed by atoms with E-state index in [-0.39, 0.29) is 0 Å². The SMILES string of the molecule is CCCCCCCCCCCOC(=O)C(=O)NCCC. The summed E-state index contributed by atoms with van der Waals surface area (Å²) < 4.78 is 4.91. The Hall–Kier alpha value is -1.06. The number of amides is 1. The van der Waals surface area contributed by atoms with Gasteiger partial charge in [-0.2, -0.15) is 0 Å². The third kappa shape index (κ3) is 12.0. The van der Waals surface area contributed by atoms with Crippen molar-refractivity contribution in [2.75, 3.05) is 13.2 Å². The highest BCUT2D eigenvalue weighted by Crippen LogP contribution is 2.09. The van der Waals surface area contributed by atoms with Crippen molar-refractivity contribution < 1.29 is 14.3 Å². The second kappa shape index (κ2) is 14.4. The number of hydrogen-bond donors (Lipinski definition) is 1. The minimum Gasteiger partial charge on any atom is -0.459 e. The van der Waals surface area contributed by atoms with Crippen molar-refractivity contribution in [2.45, 2.75) is 78.1 Å². The molecular formula is C16H31NO3. The molecule has 118 valence electrons. The van der Waals surface area contributed by atoms with Crippen LogP contribution >= 0.6 is 0 Å². The minimum absolute atomic E-state index is 0.355. The lowest BCUT2D eigenvalue weighted by Gasteiger charge is -2.05. The highest BCUT2D eigenvalue weighted by atomic mass is 16.5. The Morgan fingerprint density at radius 1 is 0.800 bits per heavy atom. The first-order valence-electron chi connectivity index (χ1n) is 8.17. The quantitative estimate of drug-likeness (QED) is 0.339. The number of esters is 1. The summed E-state index contributed by atoms with van der Waals surface area (Å²) in [4.78, 5) is 22.5. The lowest BCUT2D eigenvalue weighted by atomic mass is 10.1. The first-order chi connectivity index (χ1) is 9.72. The van der Waals surface area contributed by atoms with E-state index < -0.39 is 11.9 Å². The first-order valence-corrected chi connectivity index (χ1v) is 8.17. The van der Waals surface area contributed by atoms with Crippen molar-refractivity contribution in [3.05, 3.63) is 0 Å². The molecule has 4 heteroatoms. The lowest BCUT2D eigenvalue weighted by Crippen LogP contribution is -2.33. The molecule has 0 bridgehead atoms. The molecule has 0 spiro atoms. The maximum absolute atomic E-state index is 11.3. The maximum Gasteiger partial charge on any atom is 0.396 e. The number of hydrogen-bond acceptors (Lipinski definition) is 3. The van der Waals surface area contributed by atoms with Crippen molar-refractivity contribution >= 4 is 11.9 Å². The smallest absolute Gasteiger partial charge is 0.396 e. The average molecular weight is 285 g/mol. The second-order valence-electron chi connectivity index (χ2n) is 5.22. The zero-order valence-corrected chi connectivity index (χ0v) is 13.2. The Morgan fingerprint density at radius 2 is 1.35 bits per heavy atom. The summed E-state index contributed by atoms with van der Waals surface area (Å²) in [5, 5.41) is 2.50. The number of unbranched alkanes of at least 4 members (excludes halogenated alkanes) is 8. The molecule has 0 saturated carbocycles. The molecule has 0 aliphatic carbocycles. The number of carbonyl (C=O) groups excluding carboxylic acids is 2. The Balaban J connectivity index is 3.27. The molecule has 0 aliphatic heterocycles. The fraction of sp³-hybridized carbons (Fsp3) is 0.875. The van der Waals surface area contributed by atoms with Crippen LogP contribution < -0.4 is 5.32 Å². The summed E-state index contributed by atoms with van der Waals surface area (Å²) in [5.41, 5.74) is 0. The summed E-state index contributed by atoms with van der Waals surface area (Å²) in [6.45, 7) is 5.04. The van der Waals surface area contributed by atoms with E-state index in [4.69, 9.17) is 4.74 Å². The van der Waals surface area contributed by atoms with Crippen molar-refractivity contribution in [2.24, 2.45) is 0 Å². The van der Waals surface area contributed by atoms with Crippen LogP contribution in [0, 0.1) is 0 Å². The maximum atomic E-state index is 11.3. The number of rotatable bonds is 12. The second-order valence-corrected chi connectivity index (χ2v) is 5.22. The van der Waals surface area contributed by atoms with E-state index in [1.807, 2.05) is 6.92 Å². The van der Waals surface area contributed by atoms with Crippen LogP contribution in [0.25, 0.3) is 0 Å². The Morgan fingerprint density at radius 3 is 1.90 bits per heavy atom.